The molecule has 0 nitrogen and oxygen atoms in total. The first-order valence-electron chi connectivity index (χ1n) is 12.4. The molecule has 0 heterocycles. The van der Waals surface area contributed by atoms with Gasteiger partial charge < -0.3 is 0 Å². The van der Waals surface area contributed by atoms with Gasteiger partial charge in [-0.2, -0.15) is 0 Å². The summed E-state index contributed by atoms with van der Waals surface area (Å²) in [6, 6.07) is 0. The molecule has 0 aliphatic carbocycles. The van der Waals surface area contributed by atoms with Crippen molar-refractivity contribution in [1.82, 2.24) is 0 Å². The van der Waals surface area contributed by atoms with E-state index in [1.54, 1.807) is 0 Å². The van der Waals surface area contributed by atoms with Crippen molar-refractivity contribution in [3.8, 4) is 0 Å². The first-order chi connectivity index (χ1) is 12.8. The van der Waals surface area contributed by atoms with E-state index in [1.807, 2.05) is 0 Å². The van der Waals surface area contributed by atoms with Crippen molar-refractivity contribution in [1.29, 1.82) is 0 Å². The number of hydrogen-bond acceptors (Lipinski definition) is 0. The Labute approximate surface area is 167 Å². The molecule has 0 aromatic rings. The Balaban J connectivity index is 3.69. The van der Waals surface area contributed by atoms with E-state index in [0.717, 1.165) is 11.8 Å². The Morgan fingerprint density at radius 2 is 1.00 bits per heavy atom. The fourth-order valence-corrected chi connectivity index (χ4v) is 4.03. The van der Waals surface area contributed by atoms with E-state index in [-0.39, 0.29) is 0 Å². The van der Waals surface area contributed by atoms with Gasteiger partial charge in [0.2, 0.25) is 0 Å². The average Bonchev–Trinajstić information content (AvgIpc) is 2.66. The van der Waals surface area contributed by atoms with Crippen LogP contribution >= 0.6 is 0 Å². The highest BCUT2D eigenvalue weighted by atomic mass is 14.1. The number of unbranched alkanes of at least 4 members (excludes halogenated alkanes) is 9. The molecular weight excluding hydrogens is 312 g/mol. The Hall–Kier alpha value is -0.260. The third-order valence-corrected chi connectivity index (χ3v) is 6.21. The number of hydrogen-bond donors (Lipinski definition) is 0. The summed E-state index contributed by atoms with van der Waals surface area (Å²) < 4.78 is 0. The van der Waals surface area contributed by atoms with E-state index >= 15 is 0 Å². The Kier molecular flexibility index (Phi) is 20.8. The summed E-state index contributed by atoms with van der Waals surface area (Å²) in [5, 5.41) is 0. The molecule has 0 radical (unpaired) electrons. The monoisotopic (exact) mass is 364 g/mol. The van der Waals surface area contributed by atoms with Gasteiger partial charge in [-0.1, -0.05) is 136 Å². The van der Waals surface area contributed by atoms with Crippen LogP contribution in [0.5, 0.6) is 0 Å². The third kappa shape index (κ3) is 17.2. The van der Waals surface area contributed by atoms with Crippen LogP contribution in [-0.2, 0) is 0 Å². The zero-order chi connectivity index (χ0) is 19.3. The van der Waals surface area contributed by atoms with Crippen molar-refractivity contribution in [3.63, 3.8) is 0 Å². The van der Waals surface area contributed by atoms with Gasteiger partial charge in [-0.05, 0) is 31.1 Å². The van der Waals surface area contributed by atoms with E-state index in [4.69, 9.17) is 0 Å². The molecule has 2 atom stereocenters. The van der Waals surface area contributed by atoms with E-state index in [1.165, 1.54) is 116 Å². The van der Waals surface area contributed by atoms with Crippen LogP contribution in [0.4, 0.5) is 0 Å². The lowest BCUT2D eigenvalue weighted by atomic mass is 9.92. The molecule has 0 amide bonds. The first kappa shape index (κ1) is 25.7. The van der Waals surface area contributed by atoms with Gasteiger partial charge in [-0.15, -0.1) is 0 Å². The highest BCUT2D eigenvalue weighted by Gasteiger charge is 2.06. The molecule has 0 heteroatoms. The lowest BCUT2D eigenvalue weighted by Crippen LogP contribution is -1.99. The molecule has 2 unspecified atom stereocenters. The summed E-state index contributed by atoms with van der Waals surface area (Å²) in [6.07, 6.45) is 30.4. The van der Waals surface area contributed by atoms with Crippen molar-refractivity contribution >= 4 is 0 Å². The summed E-state index contributed by atoms with van der Waals surface area (Å²) >= 11 is 0. The molecule has 0 aliphatic heterocycles. The van der Waals surface area contributed by atoms with Gasteiger partial charge in [-0.3, -0.25) is 0 Å². The predicted octanol–water partition coefficient (Wildman–Crippen LogP) is 9.88. The van der Waals surface area contributed by atoms with Crippen LogP contribution < -0.4 is 0 Å². The average molecular weight is 365 g/mol. The number of rotatable bonds is 20. The molecule has 0 fully saturated rings. The standard InChI is InChI=1S/C26H52/c1-5-9-11-13-15-18-22-26(8-4)24-20-16-19-23-25(7-3)21-17-14-12-10-6-2/h16,19,25-26H,5-15,17-18,20-24H2,1-4H3/b19-16+. The minimum atomic E-state index is 0.929. The van der Waals surface area contributed by atoms with Gasteiger partial charge in [0.1, 0.15) is 0 Å². The lowest BCUT2D eigenvalue weighted by molar-refractivity contribution is 0.414. The maximum Gasteiger partial charge on any atom is -0.0322 e. The van der Waals surface area contributed by atoms with Gasteiger partial charge in [-0.25, -0.2) is 0 Å². The number of allylic oxidation sites excluding steroid dienone is 2. The Bertz CT molecular complexity index is 278. The second kappa shape index (κ2) is 21.0. The molecule has 0 N–H and O–H groups in total. The molecule has 0 rings (SSSR count). The summed E-state index contributed by atoms with van der Waals surface area (Å²) in [5.74, 6) is 1.89. The normalized spacial score (nSPS) is 14.2. The third-order valence-electron chi connectivity index (χ3n) is 6.21. The fraction of sp³-hybridized carbons (Fsp3) is 0.923. The molecule has 0 spiro atoms. The SMILES string of the molecule is CCCCCCCCC(CC)CC/C=C/CC(CC)CCCCCCC. The minimum absolute atomic E-state index is 0.929. The first-order valence-corrected chi connectivity index (χ1v) is 12.4. The summed E-state index contributed by atoms with van der Waals surface area (Å²) in [7, 11) is 0. The van der Waals surface area contributed by atoms with Gasteiger partial charge >= 0.3 is 0 Å². The molecular formula is C26H52. The fourth-order valence-electron chi connectivity index (χ4n) is 4.03. The Morgan fingerprint density at radius 3 is 1.54 bits per heavy atom. The maximum atomic E-state index is 2.50. The highest BCUT2D eigenvalue weighted by molar-refractivity contribution is 4.84. The molecule has 26 heavy (non-hydrogen) atoms. The lowest BCUT2D eigenvalue weighted by Gasteiger charge is -2.14. The molecule has 0 bridgehead atoms. The van der Waals surface area contributed by atoms with Crippen LogP contribution in [0.2, 0.25) is 0 Å². The van der Waals surface area contributed by atoms with Crippen molar-refractivity contribution < 1.29 is 0 Å². The predicted molar refractivity (Wildman–Crippen MR) is 122 cm³/mol. The molecule has 0 aliphatic rings. The molecule has 0 aromatic heterocycles. The van der Waals surface area contributed by atoms with Crippen molar-refractivity contribution in [3.05, 3.63) is 12.2 Å². The van der Waals surface area contributed by atoms with E-state index < -0.39 is 0 Å². The van der Waals surface area contributed by atoms with Crippen LogP contribution in [0.15, 0.2) is 12.2 Å². The van der Waals surface area contributed by atoms with Crippen LogP contribution in [0.3, 0.4) is 0 Å². The van der Waals surface area contributed by atoms with Crippen molar-refractivity contribution in [2.45, 2.75) is 143 Å². The molecule has 0 saturated carbocycles. The van der Waals surface area contributed by atoms with Crippen molar-refractivity contribution in [2.24, 2.45) is 11.8 Å². The Morgan fingerprint density at radius 1 is 0.500 bits per heavy atom. The molecule has 156 valence electrons. The van der Waals surface area contributed by atoms with Gasteiger partial charge in [0.15, 0.2) is 0 Å². The second-order valence-corrected chi connectivity index (χ2v) is 8.59. The van der Waals surface area contributed by atoms with Crippen LogP contribution in [0.25, 0.3) is 0 Å². The van der Waals surface area contributed by atoms with E-state index in [2.05, 4.69) is 39.8 Å². The zero-order valence-electron chi connectivity index (χ0n) is 19.0. The topological polar surface area (TPSA) is 0 Å². The zero-order valence-corrected chi connectivity index (χ0v) is 19.0. The second-order valence-electron chi connectivity index (χ2n) is 8.59. The largest absolute Gasteiger partial charge is 0.0885 e. The summed E-state index contributed by atoms with van der Waals surface area (Å²) in [6.45, 7) is 9.36. The summed E-state index contributed by atoms with van der Waals surface area (Å²) in [5.41, 5.74) is 0. The smallest absolute Gasteiger partial charge is 0.0322 e. The minimum Gasteiger partial charge on any atom is -0.0885 e. The quantitative estimate of drug-likeness (QED) is 0.149. The van der Waals surface area contributed by atoms with Crippen molar-refractivity contribution in [2.75, 3.05) is 0 Å². The van der Waals surface area contributed by atoms with Crippen LogP contribution in [0, 0.1) is 11.8 Å². The van der Waals surface area contributed by atoms with E-state index in [9.17, 15) is 0 Å². The van der Waals surface area contributed by atoms with Crippen LogP contribution in [-0.4, -0.2) is 0 Å². The maximum absolute atomic E-state index is 2.50. The van der Waals surface area contributed by atoms with Crippen LogP contribution in [0.1, 0.15) is 143 Å². The van der Waals surface area contributed by atoms with E-state index in [0.29, 0.717) is 0 Å². The molecule has 0 saturated heterocycles. The van der Waals surface area contributed by atoms with Gasteiger partial charge in [0.05, 0.1) is 0 Å². The summed E-state index contributed by atoms with van der Waals surface area (Å²) in [4.78, 5) is 0. The van der Waals surface area contributed by atoms with Gasteiger partial charge in [0.25, 0.3) is 0 Å². The highest BCUT2D eigenvalue weighted by Crippen LogP contribution is 2.21. The van der Waals surface area contributed by atoms with Gasteiger partial charge in [0, 0.05) is 0 Å². The molecule has 0 aromatic carbocycles.